The number of nitrogens with zero attached hydrogens (tertiary/aromatic N) is 3. The number of hydrogen-bond acceptors (Lipinski definition) is 5. The molecule has 0 unspecified atom stereocenters. The molecule has 8 nitrogen and oxygen atoms in total. The number of carbonyl (C=O) groups excluding carboxylic acids is 2. The van der Waals surface area contributed by atoms with Crippen LogP contribution < -0.4 is 4.90 Å². The lowest BCUT2D eigenvalue weighted by atomic mass is 9.77. The fourth-order valence-corrected chi connectivity index (χ4v) is 5.48. The van der Waals surface area contributed by atoms with Gasteiger partial charge in [0.2, 0.25) is 21.8 Å². The molecule has 2 saturated heterocycles. The molecule has 29 heavy (non-hydrogen) atoms. The van der Waals surface area contributed by atoms with E-state index in [9.17, 15) is 23.3 Å². The minimum Gasteiger partial charge on any atom is -0.315 e. The van der Waals surface area contributed by atoms with Gasteiger partial charge in [-0.1, -0.05) is 26.0 Å². The first kappa shape index (κ1) is 21.4. The van der Waals surface area contributed by atoms with Gasteiger partial charge in [-0.2, -0.15) is 9.57 Å². The SMILES string of the molecule is CCC1(C)CC(=O)N(C[NH+]2CCN(S(=O)(=O)c3ccccc3C#N)CC2)C(=O)C1. The maximum Gasteiger partial charge on any atom is 0.244 e. The highest BCUT2D eigenvalue weighted by Crippen LogP contribution is 2.35. The second-order valence-corrected chi connectivity index (χ2v) is 10.1. The Bertz CT molecular complexity index is 927. The fraction of sp³-hybridized carbons (Fsp3) is 0.550. The molecule has 0 bridgehead atoms. The van der Waals surface area contributed by atoms with Crippen molar-refractivity contribution in [3.05, 3.63) is 29.8 Å². The van der Waals surface area contributed by atoms with Crippen LogP contribution in [0.5, 0.6) is 0 Å². The van der Waals surface area contributed by atoms with Gasteiger partial charge in [-0.25, -0.2) is 13.3 Å². The lowest BCUT2D eigenvalue weighted by molar-refractivity contribution is -0.911. The molecule has 0 spiro atoms. The van der Waals surface area contributed by atoms with Gasteiger partial charge in [-0.15, -0.1) is 0 Å². The maximum atomic E-state index is 12.9. The average Bonchev–Trinajstić information content (AvgIpc) is 2.71. The van der Waals surface area contributed by atoms with Crippen molar-refractivity contribution in [3.63, 3.8) is 0 Å². The van der Waals surface area contributed by atoms with E-state index in [1.807, 2.05) is 19.9 Å². The van der Waals surface area contributed by atoms with E-state index in [1.165, 1.54) is 21.3 Å². The lowest BCUT2D eigenvalue weighted by Gasteiger charge is -2.39. The Hall–Kier alpha value is -2.28. The number of rotatable bonds is 5. The van der Waals surface area contributed by atoms with Crippen molar-refractivity contribution in [2.45, 2.75) is 38.0 Å². The molecule has 9 heteroatoms. The summed E-state index contributed by atoms with van der Waals surface area (Å²) < 4.78 is 27.2. The van der Waals surface area contributed by atoms with Crippen molar-refractivity contribution in [2.24, 2.45) is 5.41 Å². The molecule has 2 amide bonds. The number of hydrogen-bond donors (Lipinski definition) is 1. The van der Waals surface area contributed by atoms with Crippen LogP contribution in [0.3, 0.4) is 0 Å². The summed E-state index contributed by atoms with van der Waals surface area (Å²) in [5, 5.41) is 9.20. The third-order valence-corrected chi connectivity index (χ3v) is 8.01. The molecule has 2 fully saturated rings. The molecule has 1 aromatic carbocycles. The van der Waals surface area contributed by atoms with Crippen molar-refractivity contribution in [3.8, 4) is 6.07 Å². The zero-order valence-electron chi connectivity index (χ0n) is 16.8. The molecule has 0 saturated carbocycles. The number of amides is 2. The molecular formula is C20H27N4O4S+. The predicted molar refractivity (Wildman–Crippen MR) is 105 cm³/mol. The van der Waals surface area contributed by atoms with Gasteiger partial charge in [0.05, 0.1) is 36.6 Å². The molecule has 2 heterocycles. The number of carbonyl (C=O) groups is 2. The zero-order chi connectivity index (χ0) is 21.2. The Morgan fingerprint density at radius 1 is 1.14 bits per heavy atom. The van der Waals surface area contributed by atoms with Crippen LogP contribution in [0.15, 0.2) is 29.2 Å². The van der Waals surface area contributed by atoms with Crippen molar-refractivity contribution in [2.75, 3.05) is 32.8 Å². The fourth-order valence-electron chi connectivity index (χ4n) is 3.90. The zero-order valence-corrected chi connectivity index (χ0v) is 17.7. The molecule has 1 N–H and O–H groups in total. The molecule has 0 radical (unpaired) electrons. The van der Waals surface area contributed by atoms with Crippen molar-refractivity contribution < 1.29 is 22.9 Å². The summed E-state index contributed by atoms with van der Waals surface area (Å²) in [6, 6.07) is 8.11. The van der Waals surface area contributed by atoms with Gasteiger partial charge in [-0.05, 0) is 24.0 Å². The van der Waals surface area contributed by atoms with Crippen LogP contribution in [0, 0.1) is 16.7 Å². The number of quaternary nitrogens is 1. The monoisotopic (exact) mass is 419 g/mol. The van der Waals surface area contributed by atoms with E-state index >= 15 is 0 Å². The number of benzene rings is 1. The van der Waals surface area contributed by atoms with Crippen LogP contribution >= 0.6 is 0 Å². The third-order valence-electron chi connectivity index (χ3n) is 6.05. The van der Waals surface area contributed by atoms with Gasteiger partial charge < -0.3 is 4.90 Å². The van der Waals surface area contributed by atoms with E-state index in [2.05, 4.69) is 0 Å². The Labute approximate surface area is 171 Å². The molecule has 2 aliphatic heterocycles. The second kappa shape index (κ2) is 8.22. The first-order valence-electron chi connectivity index (χ1n) is 9.86. The Balaban J connectivity index is 1.63. The van der Waals surface area contributed by atoms with E-state index in [0.29, 0.717) is 25.9 Å². The number of imide groups is 1. The number of nitrogens with one attached hydrogen (secondary N) is 1. The first-order chi connectivity index (χ1) is 13.7. The van der Waals surface area contributed by atoms with E-state index in [0.717, 1.165) is 11.3 Å². The number of sulfonamides is 1. The van der Waals surface area contributed by atoms with Crippen LogP contribution in [0.1, 0.15) is 38.7 Å². The minimum absolute atomic E-state index is 0.0196. The molecular weight excluding hydrogens is 392 g/mol. The standard InChI is InChI=1S/C20H26N4O4S/c1-3-20(2)12-18(25)24(19(26)13-20)15-22-8-10-23(11-9-22)29(27,28)17-7-5-4-6-16(17)14-21/h4-7H,3,8-13,15H2,1-2H3/p+1. The van der Waals surface area contributed by atoms with Crippen molar-refractivity contribution in [1.82, 2.24) is 9.21 Å². The quantitative estimate of drug-likeness (QED) is 0.675. The van der Waals surface area contributed by atoms with Gasteiger partial charge in [0.25, 0.3) is 0 Å². The summed E-state index contributed by atoms with van der Waals surface area (Å²) in [6.07, 6.45) is 1.52. The molecule has 2 aliphatic rings. The molecule has 0 atom stereocenters. The summed E-state index contributed by atoms with van der Waals surface area (Å²) in [4.78, 5) is 27.3. The number of nitriles is 1. The van der Waals surface area contributed by atoms with Crippen LogP contribution in [-0.4, -0.2) is 62.3 Å². The minimum atomic E-state index is -3.75. The normalized spacial score (nSPS) is 21.2. The summed E-state index contributed by atoms with van der Waals surface area (Å²) in [5.41, 5.74) is -0.133. The molecule has 0 aliphatic carbocycles. The van der Waals surface area contributed by atoms with Crippen LogP contribution in [0.2, 0.25) is 0 Å². The second-order valence-electron chi connectivity index (χ2n) is 8.15. The van der Waals surface area contributed by atoms with Crippen LogP contribution in [0.4, 0.5) is 0 Å². The molecule has 3 rings (SSSR count). The lowest BCUT2D eigenvalue weighted by Crippen LogP contribution is -3.16. The van der Waals surface area contributed by atoms with Gasteiger partial charge in [0.1, 0.15) is 6.07 Å². The average molecular weight is 420 g/mol. The number of piperazine rings is 1. The van der Waals surface area contributed by atoms with E-state index in [4.69, 9.17) is 0 Å². The predicted octanol–water partition coefficient (Wildman–Crippen LogP) is -0.0297. The summed E-state index contributed by atoms with van der Waals surface area (Å²) in [6.45, 7) is 5.79. The molecule has 0 aromatic heterocycles. The topological polar surface area (TPSA) is 103 Å². The maximum absolute atomic E-state index is 12.9. The largest absolute Gasteiger partial charge is 0.315 e. The highest BCUT2D eigenvalue weighted by molar-refractivity contribution is 7.89. The summed E-state index contributed by atoms with van der Waals surface area (Å²) in [7, 11) is -3.75. The number of piperidine rings is 1. The van der Waals surface area contributed by atoms with Crippen molar-refractivity contribution in [1.29, 1.82) is 5.26 Å². The highest BCUT2D eigenvalue weighted by atomic mass is 32.2. The van der Waals surface area contributed by atoms with Crippen LogP contribution in [-0.2, 0) is 19.6 Å². The van der Waals surface area contributed by atoms with E-state index in [-0.39, 0.29) is 47.4 Å². The first-order valence-corrected chi connectivity index (χ1v) is 11.3. The van der Waals surface area contributed by atoms with E-state index in [1.54, 1.807) is 12.1 Å². The Morgan fingerprint density at radius 3 is 2.28 bits per heavy atom. The van der Waals surface area contributed by atoms with Gasteiger partial charge in [0, 0.05) is 12.8 Å². The summed E-state index contributed by atoms with van der Waals surface area (Å²) in [5.74, 6) is -0.285. The summed E-state index contributed by atoms with van der Waals surface area (Å²) >= 11 is 0. The third kappa shape index (κ3) is 4.34. The van der Waals surface area contributed by atoms with Gasteiger partial charge in [-0.3, -0.25) is 9.59 Å². The Morgan fingerprint density at radius 2 is 1.72 bits per heavy atom. The molecule has 156 valence electrons. The Kier molecular flexibility index (Phi) is 6.08. The van der Waals surface area contributed by atoms with Gasteiger partial charge >= 0.3 is 0 Å². The van der Waals surface area contributed by atoms with Crippen molar-refractivity contribution >= 4 is 21.8 Å². The smallest absolute Gasteiger partial charge is 0.244 e. The molecule has 1 aromatic rings. The highest BCUT2D eigenvalue weighted by Gasteiger charge is 2.41. The van der Waals surface area contributed by atoms with Crippen LogP contribution in [0.25, 0.3) is 0 Å². The van der Waals surface area contributed by atoms with Gasteiger partial charge in [0.15, 0.2) is 6.67 Å². The number of likely N-dealkylation sites (tertiary alicyclic amines) is 1. The van der Waals surface area contributed by atoms with E-state index < -0.39 is 10.0 Å².